The topological polar surface area (TPSA) is 118 Å². The number of pyridine rings is 1. The molecule has 0 aromatic carbocycles. The Bertz CT molecular complexity index is 784. The Balaban J connectivity index is 2.50. The number of aromatic nitrogens is 1. The molecule has 0 bridgehead atoms. The number of esters is 1. The number of methoxy groups -OCH3 is 1. The predicted molar refractivity (Wildman–Crippen MR) is 103 cm³/mol. The zero-order chi connectivity index (χ0) is 20.9. The molecule has 0 saturated heterocycles. The predicted octanol–water partition coefficient (Wildman–Crippen LogP) is 0.542. The second-order valence-corrected chi connectivity index (χ2v) is 7.77. The van der Waals surface area contributed by atoms with Gasteiger partial charge in [-0.05, 0) is 51.2 Å². The van der Waals surface area contributed by atoms with Crippen molar-refractivity contribution in [1.82, 2.24) is 9.88 Å². The number of carbonyl (C=O) groups excluding carboxylic acids is 2. The third kappa shape index (κ3) is 4.99. The van der Waals surface area contributed by atoms with Crippen LogP contribution in [0.1, 0.15) is 61.1 Å². The Hall–Kier alpha value is -2.19. The van der Waals surface area contributed by atoms with Crippen LogP contribution < -0.4 is 10.9 Å². The summed E-state index contributed by atoms with van der Waals surface area (Å²) in [5.74, 6) is -1.29. The minimum absolute atomic E-state index is 0.0820. The van der Waals surface area contributed by atoms with Crippen LogP contribution in [0, 0.1) is 0 Å². The van der Waals surface area contributed by atoms with Crippen molar-refractivity contribution in [3.8, 4) is 0 Å². The van der Waals surface area contributed by atoms with Crippen molar-refractivity contribution in [2.75, 3.05) is 13.7 Å². The van der Waals surface area contributed by atoms with Gasteiger partial charge in [0, 0.05) is 5.69 Å². The number of carbonyl (C=O) groups is 2. The van der Waals surface area contributed by atoms with Crippen LogP contribution in [0.3, 0.4) is 0 Å². The lowest BCUT2D eigenvalue weighted by molar-refractivity contribution is -0.146. The van der Waals surface area contributed by atoms with Gasteiger partial charge in [0.05, 0.1) is 26.4 Å². The summed E-state index contributed by atoms with van der Waals surface area (Å²) in [7, 11) is 1.23. The molecular formula is C20H30N2O6. The number of rotatable bonds is 6. The Morgan fingerprint density at radius 3 is 2.50 bits per heavy atom. The molecule has 1 atom stereocenters. The Morgan fingerprint density at radius 2 is 1.89 bits per heavy atom. The maximum atomic E-state index is 13.1. The summed E-state index contributed by atoms with van der Waals surface area (Å²) in [6, 6.07) is 1.60. The third-order valence-corrected chi connectivity index (χ3v) is 5.07. The molecule has 0 saturated carbocycles. The van der Waals surface area contributed by atoms with Gasteiger partial charge in [-0.3, -0.25) is 9.59 Å². The zero-order valence-corrected chi connectivity index (χ0v) is 16.8. The van der Waals surface area contributed by atoms with Gasteiger partial charge in [0.15, 0.2) is 0 Å². The van der Waals surface area contributed by atoms with Crippen molar-refractivity contribution in [2.24, 2.45) is 0 Å². The number of aryl methyl sites for hydroxylation is 1. The first-order valence-corrected chi connectivity index (χ1v) is 9.66. The lowest BCUT2D eigenvalue weighted by atomic mass is 9.95. The van der Waals surface area contributed by atoms with Crippen LogP contribution in [0.2, 0.25) is 0 Å². The number of hydrogen-bond acceptors (Lipinski definition) is 6. The van der Waals surface area contributed by atoms with E-state index >= 15 is 0 Å². The first-order chi connectivity index (χ1) is 13.2. The van der Waals surface area contributed by atoms with Crippen molar-refractivity contribution in [2.45, 2.75) is 70.6 Å². The van der Waals surface area contributed by atoms with Gasteiger partial charge in [0.1, 0.15) is 11.1 Å². The molecule has 28 heavy (non-hydrogen) atoms. The number of aliphatic hydroxyl groups is 2. The molecule has 1 aliphatic carbocycles. The van der Waals surface area contributed by atoms with Crippen molar-refractivity contribution in [3.05, 3.63) is 33.2 Å². The van der Waals surface area contributed by atoms with Crippen LogP contribution >= 0.6 is 0 Å². The molecule has 0 radical (unpaired) electrons. The minimum Gasteiger partial charge on any atom is -0.467 e. The highest BCUT2D eigenvalue weighted by molar-refractivity contribution is 5.97. The molecular weight excluding hydrogens is 364 g/mol. The van der Waals surface area contributed by atoms with E-state index in [1.54, 1.807) is 6.07 Å². The number of aliphatic hydroxyl groups excluding tert-OH is 2. The summed E-state index contributed by atoms with van der Waals surface area (Å²) in [4.78, 5) is 37.7. The van der Waals surface area contributed by atoms with Crippen LogP contribution in [-0.2, 0) is 28.9 Å². The van der Waals surface area contributed by atoms with E-state index in [4.69, 9.17) is 4.74 Å². The summed E-state index contributed by atoms with van der Waals surface area (Å²) in [5.41, 5.74) is -0.212. The molecule has 1 unspecified atom stereocenters. The van der Waals surface area contributed by atoms with Crippen LogP contribution in [0.25, 0.3) is 0 Å². The van der Waals surface area contributed by atoms with Gasteiger partial charge in [0.25, 0.3) is 11.5 Å². The molecule has 1 aliphatic rings. The summed E-state index contributed by atoms with van der Waals surface area (Å²) >= 11 is 0. The quantitative estimate of drug-likeness (QED) is 0.606. The third-order valence-electron chi connectivity index (χ3n) is 5.07. The molecule has 1 aromatic rings. The highest BCUT2D eigenvalue weighted by Gasteiger charge is 2.32. The molecule has 156 valence electrons. The number of nitrogens with zero attached hydrogens (tertiary/aromatic N) is 1. The smallest absolute Gasteiger partial charge is 0.330 e. The molecule has 1 aromatic heterocycles. The van der Waals surface area contributed by atoms with Crippen molar-refractivity contribution < 1.29 is 24.5 Å². The monoisotopic (exact) mass is 394 g/mol. The summed E-state index contributed by atoms with van der Waals surface area (Å²) in [6.45, 7) is 2.43. The molecule has 3 N–H and O–H groups in total. The molecule has 8 heteroatoms. The van der Waals surface area contributed by atoms with Gasteiger partial charge in [0.2, 0.25) is 0 Å². The zero-order valence-electron chi connectivity index (χ0n) is 16.8. The molecule has 0 spiro atoms. The molecule has 1 amide bonds. The number of amides is 1. The Morgan fingerprint density at radius 1 is 1.25 bits per heavy atom. The molecule has 0 fully saturated rings. The van der Waals surface area contributed by atoms with Crippen LogP contribution in [0.4, 0.5) is 0 Å². The fraction of sp³-hybridized carbons (Fsp3) is 0.650. The van der Waals surface area contributed by atoms with Gasteiger partial charge < -0.3 is 24.8 Å². The van der Waals surface area contributed by atoms with E-state index in [2.05, 4.69) is 5.32 Å². The summed E-state index contributed by atoms with van der Waals surface area (Å²) in [5, 5.41) is 21.7. The average Bonchev–Trinajstić information content (AvgIpc) is 2.63. The first kappa shape index (κ1) is 22.1. The highest BCUT2D eigenvalue weighted by atomic mass is 16.5. The van der Waals surface area contributed by atoms with E-state index in [0.717, 1.165) is 43.4 Å². The average molecular weight is 394 g/mol. The number of hydrogen-bond donors (Lipinski definition) is 3. The van der Waals surface area contributed by atoms with E-state index in [0.29, 0.717) is 6.42 Å². The van der Waals surface area contributed by atoms with Gasteiger partial charge in [-0.25, -0.2) is 4.79 Å². The summed E-state index contributed by atoms with van der Waals surface area (Å²) in [6.07, 6.45) is 4.31. The fourth-order valence-corrected chi connectivity index (χ4v) is 3.52. The minimum atomic E-state index is -1.29. The van der Waals surface area contributed by atoms with E-state index < -0.39 is 35.7 Å². The Kier molecular flexibility index (Phi) is 7.37. The molecule has 2 rings (SSSR count). The highest BCUT2D eigenvalue weighted by Crippen LogP contribution is 2.21. The van der Waals surface area contributed by atoms with E-state index in [-0.39, 0.29) is 12.1 Å². The Labute approximate surface area is 164 Å². The standard InChI is InChI=1S/C20H30N2O6/c1-20(2,19(27)28-3)21-17(25)15-10-13-8-6-4-5-7-9-16(13)22(18(15)26)11-14(24)12-23/h10,14,23-24H,4-9,11-12H2,1-3H3,(H,21,25). The van der Waals surface area contributed by atoms with Gasteiger partial charge in [-0.2, -0.15) is 0 Å². The van der Waals surface area contributed by atoms with Gasteiger partial charge in [-0.1, -0.05) is 12.8 Å². The van der Waals surface area contributed by atoms with E-state index in [9.17, 15) is 24.6 Å². The lowest BCUT2D eigenvalue weighted by Gasteiger charge is -2.25. The van der Waals surface area contributed by atoms with Crippen LogP contribution in [0.5, 0.6) is 0 Å². The summed E-state index contributed by atoms with van der Waals surface area (Å²) < 4.78 is 6.10. The molecule has 0 aliphatic heterocycles. The SMILES string of the molecule is COC(=O)C(C)(C)NC(=O)c1cc2c(n(CC(O)CO)c1=O)CCCCCC2. The van der Waals surface area contributed by atoms with E-state index in [1.807, 2.05) is 0 Å². The van der Waals surface area contributed by atoms with Crippen molar-refractivity contribution in [1.29, 1.82) is 0 Å². The van der Waals surface area contributed by atoms with E-state index in [1.165, 1.54) is 25.5 Å². The largest absolute Gasteiger partial charge is 0.467 e. The fourth-order valence-electron chi connectivity index (χ4n) is 3.52. The lowest BCUT2D eigenvalue weighted by Crippen LogP contribution is -2.51. The first-order valence-electron chi connectivity index (χ1n) is 9.66. The normalized spacial score (nSPS) is 15.8. The number of nitrogens with one attached hydrogen (secondary N) is 1. The van der Waals surface area contributed by atoms with Gasteiger partial charge >= 0.3 is 5.97 Å². The van der Waals surface area contributed by atoms with Crippen LogP contribution in [-0.4, -0.2) is 52.0 Å². The molecule has 8 nitrogen and oxygen atoms in total. The second kappa shape index (κ2) is 9.34. The van der Waals surface area contributed by atoms with Crippen molar-refractivity contribution >= 4 is 11.9 Å². The van der Waals surface area contributed by atoms with Gasteiger partial charge in [-0.15, -0.1) is 0 Å². The maximum absolute atomic E-state index is 13.1. The molecule has 1 heterocycles. The maximum Gasteiger partial charge on any atom is 0.330 e. The number of ether oxygens (including phenoxy) is 1. The van der Waals surface area contributed by atoms with Crippen molar-refractivity contribution in [3.63, 3.8) is 0 Å². The van der Waals surface area contributed by atoms with Crippen LogP contribution in [0.15, 0.2) is 10.9 Å². The number of fused-ring (bicyclic) bond motifs is 1. The second-order valence-electron chi connectivity index (χ2n) is 7.77.